The van der Waals surface area contributed by atoms with Crippen molar-refractivity contribution in [2.45, 2.75) is 72.8 Å². The smallest absolute Gasteiger partial charge is 0.436 e. The van der Waals surface area contributed by atoms with Gasteiger partial charge in [-0.25, -0.2) is 13.6 Å². The van der Waals surface area contributed by atoms with Gasteiger partial charge in [0.25, 0.3) is 0 Å². The highest BCUT2D eigenvalue weighted by Crippen LogP contribution is 2.57. The van der Waals surface area contributed by atoms with Crippen molar-refractivity contribution >= 4 is 28.6 Å². The minimum atomic E-state index is -6.85. The molecule has 180 valence electrons. The van der Waals surface area contributed by atoms with Gasteiger partial charge in [-0.05, 0) is 27.7 Å². The van der Waals surface area contributed by atoms with Gasteiger partial charge in [-0.1, -0.05) is 0 Å². The van der Waals surface area contributed by atoms with Crippen LogP contribution >= 0.6 is 22.6 Å². The summed E-state index contributed by atoms with van der Waals surface area (Å²) in [5.41, 5.74) is -20.7. The third-order valence-electron chi connectivity index (χ3n) is 3.89. The molecule has 0 aromatic carbocycles. The molecule has 0 aromatic heterocycles. The second-order valence-corrected chi connectivity index (χ2v) is 8.06. The molecular weight excluding hydrogens is 575 g/mol. The van der Waals surface area contributed by atoms with Gasteiger partial charge in [-0.15, -0.1) is 0 Å². The first-order chi connectivity index (χ1) is 12.6. The molecule has 1 N–H and O–H groups in total. The van der Waals surface area contributed by atoms with Gasteiger partial charge in [0.15, 0.2) is 0 Å². The molecule has 0 radical (unpaired) electrons. The standard InChI is InChI=1S/C13H13F12IO4/c1-6(2,8(14,5(27)28)10(16,17)18)29-12(22,23)9(15,11(19,20)21)7(3,4)30-13(24,25)26/h1-4H3,(H,27,28). The Bertz CT molecular complexity index is 654. The summed E-state index contributed by atoms with van der Waals surface area (Å²) in [6, 6.07) is 0. The quantitative estimate of drug-likeness (QED) is 0.222. The fourth-order valence-electron chi connectivity index (χ4n) is 2.40. The summed E-state index contributed by atoms with van der Waals surface area (Å²) in [5.74, 6) is -3.50. The summed E-state index contributed by atoms with van der Waals surface area (Å²) in [4.78, 5) is 10.8. The Kier molecular flexibility index (Phi) is 7.52. The number of carboxylic acids is 1. The van der Waals surface area contributed by atoms with Crippen LogP contribution in [0.2, 0.25) is 0 Å². The normalized spacial score (nSPS) is 19.2. The molecule has 0 bridgehead atoms. The molecule has 0 saturated heterocycles. The highest BCUT2D eigenvalue weighted by Gasteiger charge is 2.83. The molecule has 0 heterocycles. The van der Waals surface area contributed by atoms with Crippen molar-refractivity contribution in [1.82, 2.24) is 0 Å². The molecule has 4 nitrogen and oxygen atoms in total. The van der Waals surface area contributed by atoms with E-state index in [1.807, 2.05) is 0 Å². The van der Waals surface area contributed by atoms with Gasteiger partial charge >= 0.3 is 39.9 Å². The van der Waals surface area contributed by atoms with Crippen molar-refractivity contribution < 1.29 is 72.1 Å². The van der Waals surface area contributed by atoms with Crippen molar-refractivity contribution in [2.24, 2.45) is 0 Å². The zero-order chi connectivity index (χ0) is 25.0. The molecule has 0 spiro atoms. The molecule has 0 aromatic rings. The lowest BCUT2D eigenvalue weighted by Crippen LogP contribution is -2.73. The molecule has 0 saturated carbocycles. The highest BCUT2D eigenvalue weighted by atomic mass is 127. The van der Waals surface area contributed by atoms with Crippen LogP contribution in [0.3, 0.4) is 0 Å². The third-order valence-corrected chi connectivity index (χ3v) is 4.11. The van der Waals surface area contributed by atoms with E-state index in [1.54, 1.807) is 0 Å². The number of alkyl halides is 13. The minimum absolute atomic E-state index is 0.00334. The number of hydrogen-bond donors (Lipinski definition) is 1. The predicted octanol–water partition coefficient (Wildman–Crippen LogP) is 5.78. The molecule has 30 heavy (non-hydrogen) atoms. The van der Waals surface area contributed by atoms with E-state index in [1.165, 1.54) is 0 Å². The fraction of sp³-hybridized carbons (Fsp3) is 0.923. The number of halogens is 13. The van der Waals surface area contributed by atoms with Gasteiger partial charge in [0.1, 0.15) is 11.2 Å². The molecule has 0 rings (SSSR count). The van der Waals surface area contributed by atoms with E-state index < -0.39 is 51.1 Å². The van der Waals surface area contributed by atoms with Crippen LogP contribution in [0.25, 0.3) is 0 Å². The second-order valence-electron chi connectivity index (χ2n) is 6.80. The van der Waals surface area contributed by atoms with Gasteiger partial charge in [0, 0.05) is 22.6 Å². The Labute approximate surface area is 174 Å². The first-order valence-electron chi connectivity index (χ1n) is 7.20. The maximum atomic E-state index is 14.8. The van der Waals surface area contributed by atoms with Crippen molar-refractivity contribution in [3.8, 4) is 0 Å². The van der Waals surface area contributed by atoms with E-state index in [2.05, 4.69) is 9.47 Å². The number of hydrogen-bond acceptors (Lipinski definition) is 3. The Morgan fingerprint density at radius 3 is 1.30 bits per heavy atom. The van der Waals surface area contributed by atoms with E-state index in [-0.39, 0.29) is 50.3 Å². The zero-order valence-corrected chi connectivity index (χ0v) is 17.2. The van der Waals surface area contributed by atoms with Crippen molar-refractivity contribution in [2.75, 3.05) is 0 Å². The Morgan fingerprint density at radius 2 is 1.07 bits per heavy atom. The molecule has 0 amide bonds. The topological polar surface area (TPSA) is 55.8 Å². The van der Waals surface area contributed by atoms with Crippen LogP contribution in [0.1, 0.15) is 27.7 Å². The van der Waals surface area contributed by atoms with E-state index in [9.17, 15) is 57.5 Å². The molecule has 0 aliphatic heterocycles. The largest absolute Gasteiger partial charge is 0.479 e. The molecule has 17 heteroatoms. The number of rotatable bonds is 8. The van der Waals surface area contributed by atoms with Gasteiger partial charge < -0.3 is 14.6 Å². The van der Waals surface area contributed by atoms with E-state index in [4.69, 9.17) is 5.11 Å². The monoisotopic (exact) mass is 588 g/mol. The first-order valence-corrected chi connectivity index (χ1v) is 8.28. The van der Waals surface area contributed by atoms with Crippen molar-refractivity contribution in [3.63, 3.8) is 0 Å². The molecule has 2 atom stereocenters. The van der Waals surface area contributed by atoms with Crippen LogP contribution in [0.15, 0.2) is 0 Å². The maximum absolute atomic E-state index is 14.8. The summed E-state index contributed by atoms with van der Waals surface area (Å²) >= 11 is -0.00334. The Hall–Kier alpha value is -0.720. The SMILES string of the molecule is CC(C)(OC(F)(F)C(F)(C(F)(F)F)C(C)(C)OC(F)(F)I)C(F)(C(=O)O)C(F)(F)F. The number of carboxylic acid groups (broad SMARTS) is 1. The average Bonchev–Trinajstić information content (AvgIpc) is 2.38. The third kappa shape index (κ3) is 4.86. The predicted molar refractivity (Wildman–Crippen MR) is 81.7 cm³/mol. The summed E-state index contributed by atoms with van der Waals surface area (Å²) in [6.07, 6.45) is -20.0. The summed E-state index contributed by atoms with van der Waals surface area (Å²) in [6.45, 7) is -1.19. The number of carbonyl (C=O) groups is 1. The lowest BCUT2D eigenvalue weighted by molar-refractivity contribution is -0.454. The average molecular weight is 588 g/mol. The Morgan fingerprint density at radius 1 is 0.700 bits per heavy atom. The van der Waals surface area contributed by atoms with Crippen LogP contribution in [-0.4, -0.2) is 56.2 Å². The number of ether oxygens (including phenoxy) is 2. The van der Waals surface area contributed by atoms with Crippen LogP contribution in [0.5, 0.6) is 0 Å². The molecule has 0 fully saturated rings. The van der Waals surface area contributed by atoms with Crippen molar-refractivity contribution in [3.05, 3.63) is 0 Å². The van der Waals surface area contributed by atoms with E-state index in [0.717, 1.165) is 0 Å². The minimum Gasteiger partial charge on any atom is -0.479 e. The summed E-state index contributed by atoms with van der Waals surface area (Å²) in [7, 11) is 0. The summed E-state index contributed by atoms with van der Waals surface area (Å²) < 4.78 is 164. The highest BCUT2D eigenvalue weighted by molar-refractivity contribution is 14.1. The van der Waals surface area contributed by atoms with Crippen LogP contribution in [-0.2, 0) is 14.3 Å². The van der Waals surface area contributed by atoms with E-state index in [0.29, 0.717) is 0 Å². The van der Waals surface area contributed by atoms with Crippen LogP contribution < -0.4 is 0 Å². The lowest BCUT2D eigenvalue weighted by atomic mass is 9.83. The van der Waals surface area contributed by atoms with Crippen LogP contribution in [0.4, 0.5) is 52.7 Å². The maximum Gasteiger partial charge on any atom is 0.436 e. The molecule has 0 aliphatic carbocycles. The lowest BCUT2D eigenvalue weighted by Gasteiger charge is -2.48. The van der Waals surface area contributed by atoms with Gasteiger partial charge in [-0.3, -0.25) is 0 Å². The van der Waals surface area contributed by atoms with Gasteiger partial charge in [0.05, 0.1) is 0 Å². The second kappa shape index (κ2) is 7.70. The van der Waals surface area contributed by atoms with Crippen LogP contribution in [0, 0.1) is 0 Å². The Balaban J connectivity index is 6.74. The zero-order valence-electron chi connectivity index (χ0n) is 15.1. The van der Waals surface area contributed by atoms with Gasteiger partial charge in [-0.2, -0.15) is 43.9 Å². The molecule has 0 aliphatic rings. The molecular formula is C13H13F12IO4. The molecule has 2 unspecified atom stereocenters. The van der Waals surface area contributed by atoms with Gasteiger partial charge in [0.2, 0.25) is 0 Å². The first kappa shape index (κ1) is 29.3. The van der Waals surface area contributed by atoms with E-state index >= 15 is 0 Å². The fourth-order valence-corrected chi connectivity index (χ4v) is 2.95. The number of aliphatic carboxylic acids is 1. The van der Waals surface area contributed by atoms with Crippen molar-refractivity contribution in [1.29, 1.82) is 0 Å². The summed E-state index contributed by atoms with van der Waals surface area (Å²) in [5, 5.41) is 8.52.